The molecule has 24 heavy (non-hydrogen) atoms. The Kier molecular flexibility index (Phi) is 4.94. The number of amides is 1. The fourth-order valence-corrected chi connectivity index (χ4v) is 4.09. The van der Waals surface area contributed by atoms with Gasteiger partial charge < -0.3 is 4.90 Å². The van der Waals surface area contributed by atoms with Crippen molar-refractivity contribution in [2.45, 2.75) is 38.1 Å². The minimum Gasteiger partial charge on any atom is -0.339 e. The number of nitrogens with zero attached hydrogens (tertiary/aromatic N) is 2. The van der Waals surface area contributed by atoms with E-state index in [0.717, 1.165) is 18.5 Å². The van der Waals surface area contributed by atoms with Crippen molar-refractivity contribution in [2.24, 2.45) is 0 Å². The van der Waals surface area contributed by atoms with Crippen molar-refractivity contribution >= 4 is 22.9 Å². The molecule has 0 bridgehead atoms. The van der Waals surface area contributed by atoms with Crippen molar-refractivity contribution in [3.05, 3.63) is 62.3 Å². The summed E-state index contributed by atoms with van der Waals surface area (Å²) in [5.41, 5.74) is 2.23. The van der Waals surface area contributed by atoms with Gasteiger partial charge in [0.1, 0.15) is 0 Å². The van der Waals surface area contributed by atoms with Crippen molar-refractivity contribution in [2.75, 3.05) is 6.54 Å². The molecule has 1 aromatic carbocycles. The van der Waals surface area contributed by atoms with Crippen molar-refractivity contribution in [3.8, 4) is 0 Å². The number of nitro groups is 1. The molecule has 6 heteroatoms. The van der Waals surface area contributed by atoms with Crippen molar-refractivity contribution in [1.29, 1.82) is 0 Å². The molecule has 1 amide bonds. The van der Waals surface area contributed by atoms with E-state index in [1.54, 1.807) is 23.5 Å². The van der Waals surface area contributed by atoms with E-state index in [2.05, 4.69) is 23.8 Å². The van der Waals surface area contributed by atoms with E-state index in [-0.39, 0.29) is 17.6 Å². The molecule has 3 rings (SSSR count). The van der Waals surface area contributed by atoms with Gasteiger partial charge >= 0.3 is 0 Å². The van der Waals surface area contributed by atoms with E-state index in [0.29, 0.717) is 18.8 Å². The topological polar surface area (TPSA) is 63.5 Å². The zero-order chi connectivity index (χ0) is 17.1. The first-order valence-electron chi connectivity index (χ1n) is 8.09. The Balaban J connectivity index is 1.59. The summed E-state index contributed by atoms with van der Waals surface area (Å²) in [5.74, 6) is 0.555. The summed E-state index contributed by atoms with van der Waals surface area (Å²) in [6, 6.07) is 8.91. The van der Waals surface area contributed by atoms with E-state index in [1.165, 1.54) is 11.6 Å². The molecule has 1 aromatic heterocycles. The van der Waals surface area contributed by atoms with Crippen LogP contribution < -0.4 is 0 Å². The Morgan fingerprint density at radius 2 is 2.25 bits per heavy atom. The SMILES string of the molecule is C[C@H]1C[C@H](c2ccsc2)CN1C(=O)CCc1cccc([N+](=O)[O-])c1. The van der Waals surface area contributed by atoms with Gasteiger partial charge in [0.2, 0.25) is 5.91 Å². The lowest BCUT2D eigenvalue weighted by molar-refractivity contribution is -0.384. The van der Waals surface area contributed by atoms with Gasteiger partial charge in [0, 0.05) is 37.1 Å². The van der Waals surface area contributed by atoms with Crippen LogP contribution in [0.15, 0.2) is 41.1 Å². The molecule has 0 radical (unpaired) electrons. The van der Waals surface area contributed by atoms with E-state index >= 15 is 0 Å². The quantitative estimate of drug-likeness (QED) is 0.608. The maximum absolute atomic E-state index is 12.6. The predicted octanol–water partition coefficient (Wildman–Crippen LogP) is 3.99. The Morgan fingerprint density at radius 1 is 1.42 bits per heavy atom. The second kappa shape index (κ2) is 7.13. The summed E-state index contributed by atoms with van der Waals surface area (Å²) < 4.78 is 0. The number of benzene rings is 1. The first kappa shape index (κ1) is 16.6. The van der Waals surface area contributed by atoms with Crippen LogP contribution in [0.2, 0.25) is 0 Å². The molecule has 2 atom stereocenters. The molecule has 2 aromatic rings. The van der Waals surface area contributed by atoms with Crippen LogP contribution >= 0.6 is 11.3 Å². The lowest BCUT2D eigenvalue weighted by Gasteiger charge is -2.21. The lowest BCUT2D eigenvalue weighted by atomic mass is 10.00. The molecule has 1 aliphatic rings. The Bertz CT molecular complexity index is 730. The summed E-state index contributed by atoms with van der Waals surface area (Å²) in [5, 5.41) is 15.1. The molecule has 1 aliphatic heterocycles. The van der Waals surface area contributed by atoms with Gasteiger partial charge in [-0.1, -0.05) is 12.1 Å². The predicted molar refractivity (Wildman–Crippen MR) is 94.3 cm³/mol. The number of likely N-dealkylation sites (tertiary alicyclic amines) is 1. The van der Waals surface area contributed by atoms with Gasteiger partial charge in [-0.2, -0.15) is 11.3 Å². The number of non-ortho nitro benzene ring substituents is 1. The summed E-state index contributed by atoms with van der Waals surface area (Å²) in [7, 11) is 0. The second-order valence-corrected chi connectivity index (χ2v) is 7.09. The van der Waals surface area contributed by atoms with Gasteiger partial charge in [-0.25, -0.2) is 0 Å². The summed E-state index contributed by atoms with van der Waals surface area (Å²) >= 11 is 1.69. The van der Waals surface area contributed by atoms with Gasteiger partial charge in [-0.3, -0.25) is 14.9 Å². The van der Waals surface area contributed by atoms with Gasteiger partial charge in [-0.15, -0.1) is 0 Å². The number of hydrogen-bond donors (Lipinski definition) is 0. The second-order valence-electron chi connectivity index (χ2n) is 6.31. The zero-order valence-electron chi connectivity index (χ0n) is 13.6. The molecular weight excluding hydrogens is 324 g/mol. The van der Waals surface area contributed by atoms with Crippen molar-refractivity contribution in [3.63, 3.8) is 0 Å². The molecule has 0 unspecified atom stereocenters. The zero-order valence-corrected chi connectivity index (χ0v) is 14.4. The smallest absolute Gasteiger partial charge is 0.269 e. The maximum atomic E-state index is 12.6. The number of carbonyl (C=O) groups excluding carboxylic acids is 1. The van der Waals surface area contributed by atoms with E-state index in [1.807, 2.05) is 11.0 Å². The number of rotatable bonds is 5. The Labute approximate surface area is 145 Å². The summed E-state index contributed by atoms with van der Waals surface area (Å²) in [6.45, 7) is 2.86. The van der Waals surface area contributed by atoms with Gasteiger partial charge in [0.15, 0.2) is 0 Å². The third kappa shape index (κ3) is 3.64. The first-order chi connectivity index (χ1) is 11.5. The van der Waals surface area contributed by atoms with Crippen LogP contribution in [-0.4, -0.2) is 28.3 Å². The van der Waals surface area contributed by atoms with Crippen LogP contribution in [-0.2, 0) is 11.2 Å². The molecule has 126 valence electrons. The van der Waals surface area contributed by atoms with Crippen LogP contribution in [0, 0.1) is 10.1 Å². The molecule has 1 saturated heterocycles. The van der Waals surface area contributed by atoms with E-state index in [9.17, 15) is 14.9 Å². The third-order valence-electron chi connectivity index (χ3n) is 4.66. The molecule has 0 saturated carbocycles. The minimum absolute atomic E-state index is 0.0759. The van der Waals surface area contributed by atoms with Crippen LogP contribution in [0.5, 0.6) is 0 Å². The molecule has 5 nitrogen and oxygen atoms in total. The van der Waals surface area contributed by atoms with E-state index in [4.69, 9.17) is 0 Å². The standard InChI is InChI=1S/C18H20N2O3S/c1-13-9-16(15-7-8-24-12-15)11-19(13)18(21)6-5-14-3-2-4-17(10-14)20(22)23/h2-4,7-8,10,12-13,16H,5-6,9,11H2,1H3/t13-,16-/m0/s1. The van der Waals surface area contributed by atoms with Gasteiger partial charge in [0.05, 0.1) is 4.92 Å². The van der Waals surface area contributed by atoms with Crippen LogP contribution in [0.4, 0.5) is 5.69 Å². The van der Waals surface area contributed by atoms with Crippen LogP contribution in [0.3, 0.4) is 0 Å². The fourth-order valence-electron chi connectivity index (χ4n) is 3.35. The highest BCUT2D eigenvalue weighted by Gasteiger charge is 2.32. The largest absolute Gasteiger partial charge is 0.339 e. The normalized spacial score (nSPS) is 20.3. The number of nitro benzene ring substituents is 1. The van der Waals surface area contributed by atoms with E-state index < -0.39 is 4.92 Å². The first-order valence-corrected chi connectivity index (χ1v) is 9.04. The maximum Gasteiger partial charge on any atom is 0.269 e. The van der Waals surface area contributed by atoms with Crippen LogP contribution in [0.1, 0.15) is 36.8 Å². The number of carbonyl (C=O) groups is 1. The molecular formula is C18H20N2O3S. The van der Waals surface area contributed by atoms with Crippen LogP contribution in [0.25, 0.3) is 0 Å². The number of aryl methyl sites for hydroxylation is 1. The Morgan fingerprint density at radius 3 is 2.96 bits per heavy atom. The van der Waals surface area contributed by atoms with Crippen molar-refractivity contribution in [1.82, 2.24) is 4.90 Å². The molecule has 0 aliphatic carbocycles. The fraction of sp³-hybridized carbons (Fsp3) is 0.389. The van der Waals surface area contributed by atoms with Gasteiger partial charge in [0.25, 0.3) is 5.69 Å². The third-order valence-corrected chi connectivity index (χ3v) is 5.36. The highest BCUT2D eigenvalue weighted by Crippen LogP contribution is 2.33. The highest BCUT2D eigenvalue weighted by atomic mass is 32.1. The molecule has 1 fully saturated rings. The number of hydrogen-bond acceptors (Lipinski definition) is 4. The monoisotopic (exact) mass is 344 g/mol. The van der Waals surface area contributed by atoms with Gasteiger partial charge in [-0.05, 0) is 47.7 Å². The summed E-state index contributed by atoms with van der Waals surface area (Å²) in [4.78, 5) is 24.9. The molecule has 2 heterocycles. The Hall–Kier alpha value is -2.21. The summed E-state index contributed by atoms with van der Waals surface area (Å²) in [6.07, 6.45) is 1.92. The average Bonchev–Trinajstić information content (AvgIpc) is 3.22. The average molecular weight is 344 g/mol. The van der Waals surface area contributed by atoms with Crippen molar-refractivity contribution < 1.29 is 9.72 Å². The molecule has 0 spiro atoms. The highest BCUT2D eigenvalue weighted by molar-refractivity contribution is 7.07. The minimum atomic E-state index is -0.403. The molecule has 0 N–H and O–H groups in total. The number of thiophene rings is 1. The lowest BCUT2D eigenvalue weighted by Crippen LogP contribution is -2.34.